The van der Waals surface area contributed by atoms with Crippen molar-refractivity contribution in [1.82, 2.24) is 24.7 Å². The van der Waals surface area contributed by atoms with Gasteiger partial charge in [0.2, 0.25) is 16.0 Å². The van der Waals surface area contributed by atoms with Crippen molar-refractivity contribution in [3.05, 3.63) is 23.7 Å². The Morgan fingerprint density at radius 2 is 1.85 bits per heavy atom. The molecule has 2 unspecified atom stereocenters. The van der Waals surface area contributed by atoms with E-state index in [1.807, 2.05) is 26.1 Å². The molecule has 0 aromatic carbocycles. The maximum absolute atomic E-state index is 12.0. The Hall–Kier alpha value is -2.37. The predicted octanol–water partition coefficient (Wildman–Crippen LogP) is 3.72. The first-order valence-corrected chi connectivity index (χ1v) is 14.3. The van der Waals surface area contributed by atoms with Crippen LogP contribution in [-0.2, 0) is 10.0 Å². The van der Waals surface area contributed by atoms with Gasteiger partial charge in [-0.15, -0.1) is 11.3 Å². The Morgan fingerprint density at radius 1 is 1.06 bits per heavy atom. The number of nitrogens with zero attached hydrogens (tertiary/aromatic N) is 4. The molecule has 2 aliphatic carbocycles. The van der Waals surface area contributed by atoms with Gasteiger partial charge < -0.3 is 10.6 Å². The normalized spacial score (nSPS) is 20.7. The van der Waals surface area contributed by atoms with E-state index in [9.17, 15) is 8.42 Å². The predicted molar refractivity (Wildman–Crippen MR) is 137 cm³/mol. The molecule has 3 heterocycles. The summed E-state index contributed by atoms with van der Waals surface area (Å²) in [6.07, 6.45) is 6.89. The van der Waals surface area contributed by atoms with Gasteiger partial charge in [-0.3, -0.25) is 4.98 Å². The van der Waals surface area contributed by atoms with Crippen LogP contribution in [0, 0.1) is 25.7 Å². The summed E-state index contributed by atoms with van der Waals surface area (Å²) in [6.45, 7) is 4.85. The number of anilines is 2. The van der Waals surface area contributed by atoms with Crippen LogP contribution < -0.4 is 15.4 Å². The summed E-state index contributed by atoms with van der Waals surface area (Å²) in [6, 6.07) is 2.14. The summed E-state index contributed by atoms with van der Waals surface area (Å²) in [5.74, 6) is 2.39. The molecule has 182 valence electrons. The third kappa shape index (κ3) is 5.16. The molecule has 0 radical (unpaired) electrons. The second-order valence-electron chi connectivity index (χ2n) is 9.45. The zero-order valence-electron chi connectivity index (χ0n) is 19.8. The number of sulfonamides is 1. The SMILES string of the molecule is CNS(=O)(=O)CC1CCC(Nc2nc(NCC3CC3)nc(C)c2-c2nc3c(C)nccc3s2)C1. The van der Waals surface area contributed by atoms with E-state index in [-0.39, 0.29) is 17.7 Å². The summed E-state index contributed by atoms with van der Waals surface area (Å²) in [5.41, 5.74) is 3.58. The maximum atomic E-state index is 12.0. The van der Waals surface area contributed by atoms with Gasteiger partial charge in [-0.1, -0.05) is 0 Å². The molecule has 0 amide bonds. The number of nitrogens with one attached hydrogen (secondary N) is 3. The summed E-state index contributed by atoms with van der Waals surface area (Å²) in [4.78, 5) is 18.9. The van der Waals surface area contributed by atoms with Crippen LogP contribution in [0.3, 0.4) is 0 Å². The molecule has 2 atom stereocenters. The molecule has 5 rings (SSSR count). The summed E-state index contributed by atoms with van der Waals surface area (Å²) >= 11 is 1.62. The van der Waals surface area contributed by atoms with Crippen LogP contribution in [0.25, 0.3) is 20.8 Å². The Bertz CT molecular complexity index is 1300. The van der Waals surface area contributed by atoms with E-state index in [1.54, 1.807) is 11.3 Å². The van der Waals surface area contributed by atoms with Gasteiger partial charge in [0.15, 0.2) is 0 Å². The van der Waals surface area contributed by atoms with Gasteiger partial charge in [0.1, 0.15) is 16.3 Å². The standard InChI is InChI=1S/C23H31N7O2S2/c1-13-19(22-29-20-14(2)25-9-8-18(20)33-22)21(30-23(27-13)26-11-15-4-5-15)28-17-7-6-16(10-17)12-34(31,32)24-3/h8-9,15-17,24H,4-7,10-12H2,1-3H3,(H2,26,27,28,30). The highest BCUT2D eigenvalue weighted by molar-refractivity contribution is 7.89. The smallest absolute Gasteiger partial charge is 0.224 e. The highest BCUT2D eigenvalue weighted by Gasteiger charge is 2.30. The fourth-order valence-electron chi connectivity index (χ4n) is 4.60. The van der Waals surface area contributed by atoms with Crippen molar-refractivity contribution < 1.29 is 8.42 Å². The number of rotatable bonds is 9. The monoisotopic (exact) mass is 501 g/mol. The van der Waals surface area contributed by atoms with Crippen LogP contribution in [0.2, 0.25) is 0 Å². The average Bonchev–Trinajstić information content (AvgIpc) is 3.37. The number of hydrogen-bond donors (Lipinski definition) is 3. The molecule has 2 aliphatic rings. The molecular weight excluding hydrogens is 470 g/mol. The number of fused-ring (bicyclic) bond motifs is 1. The molecule has 3 aromatic heterocycles. The lowest BCUT2D eigenvalue weighted by Gasteiger charge is -2.18. The summed E-state index contributed by atoms with van der Waals surface area (Å²) in [7, 11) is -1.75. The Balaban J connectivity index is 1.45. The Morgan fingerprint density at radius 3 is 2.59 bits per heavy atom. The fraction of sp³-hybridized carbons (Fsp3) is 0.565. The van der Waals surface area contributed by atoms with Gasteiger partial charge in [0.25, 0.3) is 0 Å². The number of pyridine rings is 1. The lowest BCUT2D eigenvalue weighted by Crippen LogP contribution is -2.26. The fourth-order valence-corrected chi connectivity index (χ4v) is 6.80. The molecule has 0 aliphatic heterocycles. The molecule has 2 saturated carbocycles. The van der Waals surface area contributed by atoms with E-state index >= 15 is 0 Å². The third-order valence-corrected chi connectivity index (χ3v) is 9.26. The van der Waals surface area contributed by atoms with Crippen molar-refractivity contribution in [2.24, 2.45) is 11.8 Å². The van der Waals surface area contributed by atoms with Gasteiger partial charge in [0.05, 0.1) is 27.4 Å². The first-order valence-electron chi connectivity index (χ1n) is 11.8. The van der Waals surface area contributed by atoms with Gasteiger partial charge in [-0.05, 0) is 70.9 Å². The molecule has 3 aromatic rings. The van der Waals surface area contributed by atoms with Crippen LogP contribution in [0.1, 0.15) is 43.5 Å². The lowest BCUT2D eigenvalue weighted by molar-refractivity contribution is 0.550. The molecule has 3 N–H and O–H groups in total. The van der Waals surface area contributed by atoms with E-state index in [0.29, 0.717) is 11.9 Å². The van der Waals surface area contributed by atoms with E-state index in [2.05, 4.69) is 20.3 Å². The number of thiazole rings is 1. The van der Waals surface area contributed by atoms with E-state index in [4.69, 9.17) is 15.0 Å². The van der Waals surface area contributed by atoms with Crippen molar-refractivity contribution in [2.45, 2.75) is 52.0 Å². The number of aromatic nitrogens is 4. The van der Waals surface area contributed by atoms with Crippen molar-refractivity contribution in [3.63, 3.8) is 0 Å². The van der Waals surface area contributed by atoms with Crippen LogP contribution in [-0.4, -0.2) is 53.7 Å². The number of aryl methyl sites for hydroxylation is 2. The summed E-state index contributed by atoms with van der Waals surface area (Å²) < 4.78 is 27.6. The van der Waals surface area contributed by atoms with Gasteiger partial charge >= 0.3 is 0 Å². The van der Waals surface area contributed by atoms with Crippen LogP contribution in [0.5, 0.6) is 0 Å². The van der Waals surface area contributed by atoms with Gasteiger partial charge in [-0.2, -0.15) is 4.98 Å². The minimum atomic E-state index is -3.22. The maximum Gasteiger partial charge on any atom is 0.224 e. The quantitative estimate of drug-likeness (QED) is 0.406. The second kappa shape index (κ2) is 9.35. The zero-order valence-corrected chi connectivity index (χ0v) is 21.4. The average molecular weight is 502 g/mol. The molecule has 2 fully saturated rings. The van der Waals surface area contributed by atoms with Crippen molar-refractivity contribution >= 4 is 43.3 Å². The van der Waals surface area contributed by atoms with Crippen LogP contribution in [0.4, 0.5) is 11.8 Å². The van der Waals surface area contributed by atoms with Gasteiger partial charge in [0, 0.05) is 18.8 Å². The first kappa shape index (κ1) is 23.4. The Kier molecular flexibility index (Phi) is 6.43. The van der Waals surface area contributed by atoms with Crippen LogP contribution >= 0.6 is 11.3 Å². The second-order valence-corrected chi connectivity index (χ2v) is 12.5. The van der Waals surface area contributed by atoms with Crippen molar-refractivity contribution in [1.29, 1.82) is 0 Å². The molecule has 9 nitrogen and oxygen atoms in total. The minimum Gasteiger partial charge on any atom is -0.367 e. The van der Waals surface area contributed by atoms with Crippen molar-refractivity contribution in [3.8, 4) is 10.6 Å². The van der Waals surface area contributed by atoms with Crippen molar-refractivity contribution in [2.75, 3.05) is 30.0 Å². The lowest BCUT2D eigenvalue weighted by atomic mass is 10.1. The van der Waals surface area contributed by atoms with E-state index < -0.39 is 10.0 Å². The molecule has 0 bridgehead atoms. The minimum absolute atomic E-state index is 0.130. The highest BCUT2D eigenvalue weighted by atomic mass is 32.2. The van der Waals surface area contributed by atoms with Gasteiger partial charge in [-0.25, -0.2) is 23.1 Å². The zero-order chi connectivity index (χ0) is 23.9. The molecule has 11 heteroatoms. The molecular formula is C23H31N7O2S2. The van der Waals surface area contributed by atoms with E-state index in [0.717, 1.165) is 63.8 Å². The molecule has 34 heavy (non-hydrogen) atoms. The Labute approximate surface area is 204 Å². The third-order valence-electron chi connectivity index (χ3n) is 6.69. The topological polar surface area (TPSA) is 122 Å². The summed E-state index contributed by atoms with van der Waals surface area (Å²) in [5, 5.41) is 7.90. The first-order chi connectivity index (χ1) is 16.3. The van der Waals surface area contributed by atoms with E-state index in [1.165, 1.54) is 19.9 Å². The molecule has 0 spiro atoms. The molecule has 0 saturated heterocycles. The van der Waals surface area contributed by atoms with Crippen LogP contribution in [0.15, 0.2) is 12.3 Å². The highest BCUT2D eigenvalue weighted by Crippen LogP contribution is 2.38. The largest absolute Gasteiger partial charge is 0.367 e. The number of hydrogen-bond acceptors (Lipinski definition) is 9.